The van der Waals surface area contributed by atoms with E-state index in [1.54, 1.807) is 0 Å². The van der Waals surface area contributed by atoms with E-state index < -0.39 is 0 Å². The molecule has 0 aliphatic rings. The van der Waals surface area contributed by atoms with Gasteiger partial charge in [0.1, 0.15) is 0 Å². The maximum atomic E-state index is 9.02. The summed E-state index contributed by atoms with van der Waals surface area (Å²) in [6.07, 6.45) is 3.65. The van der Waals surface area contributed by atoms with Gasteiger partial charge in [0.2, 0.25) is 0 Å². The van der Waals surface area contributed by atoms with Crippen LogP contribution < -0.4 is 0 Å². The summed E-state index contributed by atoms with van der Waals surface area (Å²) in [5.41, 5.74) is 0. The van der Waals surface area contributed by atoms with Gasteiger partial charge < -0.3 is 5.11 Å². The van der Waals surface area contributed by atoms with Crippen molar-refractivity contribution in [2.24, 2.45) is 5.92 Å². The van der Waals surface area contributed by atoms with Crippen molar-refractivity contribution in [1.82, 2.24) is 4.90 Å². The molecule has 0 saturated heterocycles. The van der Waals surface area contributed by atoms with E-state index in [1.165, 1.54) is 19.3 Å². The Morgan fingerprint density at radius 1 is 1.07 bits per heavy atom. The molecule has 0 radical (unpaired) electrons. The summed E-state index contributed by atoms with van der Waals surface area (Å²) in [5, 5.41) is 9.02. The van der Waals surface area contributed by atoms with Crippen LogP contribution in [0.3, 0.4) is 0 Å². The average Bonchev–Trinajstić information content (AvgIpc) is 2.13. The molecule has 0 fully saturated rings. The number of hydrogen-bond donors (Lipinski definition) is 1. The van der Waals surface area contributed by atoms with E-state index in [4.69, 9.17) is 5.11 Å². The first-order chi connectivity index (χ1) is 6.67. The molecule has 0 aliphatic carbocycles. The zero-order valence-electron chi connectivity index (χ0n) is 10.3. The van der Waals surface area contributed by atoms with Crippen molar-refractivity contribution in [1.29, 1.82) is 0 Å². The van der Waals surface area contributed by atoms with Crippen molar-refractivity contribution < 1.29 is 5.11 Å². The minimum absolute atomic E-state index is 0.285. The van der Waals surface area contributed by atoms with Crippen molar-refractivity contribution in [2.45, 2.75) is 53.0 Å². The first kappa shape index (κ1) is 13.9. The summed E-state index contributed by atoms with van der Waals surface area (Å²) in [6, 6.07) is 0.645. The molecule has 2 nitrogen and oxygen atoms in total. The van der Waals surface area contributed by atoms with Crippen LogP contribution in [-0.2, 0) is 0 Å². The molecule has 0 amide bonds. The van der Waals surface area contributed by atoms with Gasteiger partial charge >= 0.3 is 0 Å². The highest BCUT2D eigenvalue weighted by Gasteiger charge is 2.19. The summed E-state index contributed by atoms with van der Waals surface area (Å²) in [5.74, 6) is 0.688. The van der Waals surface area contributed by atoms with Crippen LogP contribution in [0.1, 0.15) is 47.0 Å². The maximum absolute atomic E-state index is 9.02. The van der Waals surface area contributed by atoms with Crippen LogP contribution in [0.15, 0.2) is 0 Å². The van der Waals surface area contributed by atoms with Crippen LogP contribution >= 0.6 is 0 Å². The Morgan fingerprint density at radius 2 is 1.71 bits per heavy atom. The Bertz CT molecular complexity index is 119. The lowest BCUT2D eigenvalue weighted by molar-refractivity contribution is 0.115. The second kappa shape index (κ2) is 8.25. The Kier molecular flexibility index (Phi) is 8.20. The number of rotatable bonds is 8. The molecule has 2 heteroatoms. The Morgan fingerprint density at radius 3 is 2.07 bits per heavy atom. The molecule has 0 aromatic carbocycles. The van der Waals surface area contributed by atoms with Crippen molar-refractivity contribution in [2.75, 3.05) is 19.7 Å². The lowest BCUT2D eigenvalue weighted by Crippen LogP contribution is -2.41. The second-order valence-corrected chi connectivity index (χ2v) is 4.36. The van der Waals surface area contributed by atoms with Gasteiger partial charge in [0.05, 0.1) is 6.61 Å². The molecule has 86 valence electrons. The quantitative estimate of drug-likeness (QED) is 0.652. The molecule has 1 N–H and O–H groups in total. The minimum Gasteiger partial charge on any atom is -0.395 e. The minimum atomic E-state index is 0.285. The second-order valence-electron chi connectivity index (χ2n) is 4.36. The number of aliphatic hydroxyl groups is 1. The molecule has 0 bridgehead atoms. The molecular formula is C12H27NO. The Balaban J connectivity index is 4.21. The van der Waals surface area contributed by atoms with Crippen LogP contribution in [0.25, 0.3) is 0 Å². The average molecular weight is 201 g/mol. The van der Waals surface area contributed by atoms with Gasteiger partial charge in [0.25, 0.3) is 0 Å². The molecule has 0 saturated carbocycles. The normalized spacial score (nSPS) is 13.9. The lowest BCUT2D eigenvalue weighted by Gasteiger charge is -2.33. The van der Waals surface area contributed by atoms with Crippen LogP contribution in [0, 0.1) is 5.92 Å². The van der Waals surface area contributed by atoms with Crippen LogP contribution in [0.4, 0.5) is 0 Å². The van der Waals surface area contributed by atoms with Gasteiger partial charge in [-0.3, -0.25) is 4.90 Å². The van der Waals surface area contributed by atoms with Crippen molar-refractivity contribution in [3.8, 4) is 0 Å². The van der Waals surface area contributed by atoms with E-state index in [0.717, 1.165) is 13.1 Å². The van der Waals surface area contributed by atoms with E-state index in [2.05, 4.69) is 32.6 Å². The highest BCUT2D eigenvalue weighted by molar-refractivity contribution is 4.74. The lowest BCUT2D eigenvalue weighted by atomic mass is 9.97. The standard InChI is InChI=1S/C12H27NO/c1-5-7-12(11(3)4)13(8-6-2)9-10-14/h11-12,14H,5-10H2,1-4H3. The van der Waals surface area contributed by atoms with E-state index >= 15 is 0 Å². The van der Waals surface area contributed by atoms with Crippen molar-refractivity contribution in [3.63, 3.8) is 0 Å². The van der Waals surface area contributed by atoms with E-state index in [1.807, 2.05) is 0 Å². The molecule has 1 atom stereocenters. The predicted molar refractivity (Wildman–Crippen MR) is 62.5 cm³/mol. The maximum Gasteiger partial charge on any atom is 0.0558 e. The fourth-order valence-electron chi connectivity index (χ4n) is 2.09. The fraction of sp³-hybridized carbons (Fsp3) is 1.00. The van der Waals surface area contributed by atoms with Gasteiger partial charge in [0, 0.05) is 12.6 Å². The molecule has 0 aromatic heterocycles. The summed E-state index contributed by atoms with van der Waals surface area (Å²) in [6.45, 7) is 11.2. The number of hydrogen-bond acceptors (Lipinski definition) is 2. The van der Waals surface area contributed by atoms with Gasteiger partial charge in [-0.05, 0) is 25.3 Å². The summed E-state index contributed by atoms with van der Waals surface area (Å²) >= 11 is 0. The van der Waals surface area contributed by atoms with Gasteiger partial charge in [-0.25, -0.2) is 0 Å². The smallest absolute Gasteiger partial charge is 0.0558 e. The van der Waals surface area contributed by atoms with E-state index in [-0.39, 0.29) is 6.61 Å². The Hall–Kier alpha value is -0.0800. The fourth-order valence-corrected chi connectivity index (χ4v) is 2.09. The molecule has 1 unspecified atom stereocenters. The molecule has 0 heterocycles. The van der Waals surface area contributed by atoms with Crippen LogP contribution in [-0.4, -0.2) is 35.7 Å². The third-order valence-electron chi connectivity index (χ3n) is 2.72. The number of aliphatic hydroxyl groups excluding tert-OH is 1. The van der Waals surface area contributed by atoms with Crippen LogP contribution in [0.5, 0.6) is 0 Å². The van der Waals surface area contributed by atoms with Crippen molar-refractivity contribution >= 4 is 0 Å². The zero-order valence-corrected chi connectivity index (χ0v) is 10.3. The van der Waals surface area contributed by atoms with E-state index in [0.29, 0.717) is 12.0 Å². The third kappa shape index (κ3) is 4.97. The molecule has 14 heavy (non-hydrogen) atoms. The first-order valence-electron chi connectivity index (χ1n) is 6.02. The van der Waals surface area contributed by atoms with E-state index in [9.17, 15) is 0 Å². The molecule has 0 rings (SSSR count). The summed E-state index contributed by atoms with van der Waals surface area (Å²) < 4.78 is 0. The van der Waals surface area contributed by atoms with Gasteiger partial charge in [0.15, 0.2) is 0 Å². The summed E-state index contributed by atoms with van der Waals surface area (Å²) in [7, 11) is 0. The first-order valence-corrected chi connectivity index (χ1v) is 6.02. The molecule has 0 aliphatic heterocycles. The van der Waals surface area contributed by atoms with Crippen molar-refractivity contribution in [3.05, 3.63) is 0 Å². The monoisotopic (exact) mass is 201 g/mol. The highest BCUT2D eigenvalue weighted by Crippen LogP contribution is 2.16. The molecular weight excluding hydrogens is 174 g/mol. The summed E-state index contributed by atoms with van der Waals surface area (Å²) in [4.78, 5) is 2.44. The number of nitrogens with zero attached hydrogens (tertiary/aromatic N) is 1. The van der Waals surface area contributed by atoms with Crippen LogP contribution in [0.2, 0.25) is 0 Å². The third-order valence-corrected chi connectivity index (χ3v) is 2.72. The largest absolute Gasteiger partial charge is 0.395 e. The van der Waals surface area contributed by atoms with Gasteiger partial charge in [-0.2, -0.15) is 0 Å². The zero-order chi connectivity index (χ0) is 11.0. The van der Waals surface area contributed by atoms with Gasteiger partial charge in [-0.1, -0.05) is 34.1 Å². The predicted octanol–water partition coefficient (Wildman–Crippen LogP) is 2.52. The SMILES string of the molecule is CCCC(C(C)C)N(CCC)CCO. The molecule has 0 spiro atoms. The highest BCUT2D eigenvalue weighted by atomic mass is 16.3. The molecule has 0 aromatic rings. The topological polar surface area (TPSA) is 23.5 Å². The van der Waals surface area contributed by atoms with Gasteiger partial charge in [-0.15, -0.1) is 0 Å². The Labute approximate surface area is 89.3 Å².